The van der Waals surface area contributed by atoms with Crippen LogP contribution in [0.1, 0.15) is 24.0 Å². The Bertz CT molecular complexity index is 1090. The van der Waals surface area contributed by atoms with Crippen LogP contribution in [0.3, 0.4) is 0 Å². The average Bonchev–Trinajstić information content (AvgIpc) is 3.19. The summed E-state index contributed by atoms with van der Waals surface area (Å²) < 4.78 is 27.4. The van der Waals surface area contributed by atoms with E-state index in [1.165, 1.54) is 17.7 Å². The molecule has 0 saturated carbocycles. The number of benzene rings is 1. The Labute approximate surface area is 186 Å². The summed E-state index contributed by atoms with van der Waals surface area (Å²) >= 11 is 0. The van der Waals surface area contributed by atoms with Gasteiger partial charge in [0.15, 0.2) is 0 Å². The Morgan fingerprint density at radius 1 is 1.12 bits per heavy atom. The molecule has 0 bridgehead atoms. The fourth-order valence-corrected chi connectivity index (χ4v) is 5.12. The summed E-state index contributed by atoms with van der Waals surface area (Å²) in [7, 11) is 0. The number of hydrogen-bond donors (Lipinski definition) is 0. The van der Waals surface area contributed by atoms with E-state index >= 15 is 0 Å². The van der Waals surface area contributed by atoms with Gasteiger partial charge in [0.2, 0.25) is 5.91 Å². The molecule has 6 nitrogen and oxygen atoms in total. The van der Waals surface area contributed by atoms with E-state index in [0.717, 1.165) is 17.5 Å². The van der Waals surface area contributed by atoms with E-state index in [1.807, 2.05) is 33.8 Å². The first-order valence-corrected chi connectivity index (χ1v) is 11.3. The molecule has 0 unspecified atom stereocenters. The van der Waals surface area contributed by atoms with Crippen molar-refractivity contribution in [1.82, 2.24) is 14.5 Å². The molecular weight excluding hydrogens is 409 g/mol. The van der Waals surface area contributed by atoms with Crippen LogP contribution >= 0.6 is 0 Å². The molecule has 0 spiro atoms. The van der Waals surface area contributed by atoms with Crippen LogP contribution in [0.4, 0.5) is 4.39 Å². The summed E-state index contributed by atoms with van der Waals surface area (Å²) in [5, 5.41) is 4.32. The second-order valence-corrected chi connectivity index (χ2v) is 8.80. The molecule has 5 rings (SSSR count). The van der Waals surface area contributed by atoms with Crippen LogP contribution < -0.4 is 0 Å². The van der Waals surface area contributed by atoms with Crippen molar-refractivity contribution in [3.8, 4) is 0 Å². The van der Waals surface area contributed by atoms with Gasteiger partial charge in [-0.15, -0.1) is 0 Å². The third-order valence-electron chi connectivity index (χ3n) is 6.79. The summed E-state index contributed by atoms with van der Waals surface area (Å²) in [6, 6.07) is 12.6. The Morgan fingerprint density at radius 2 is 2.00 bits per heavy atom. The highest BCUT2D eigenvalue weighted by Gasteiger charge is 2.44. The van der Waals surface area contributed by atoms with E-state index in [2.05, 4.69) is 11.2 Å². The number of carbonyl (C=O) groups is 1. The van der Waals surface area contributed by atoms with E-state index in [-0.39, 0.29) is 17.6 Å². The molecule has 2 saturated heterocycles. The normalized spacial score (nSPS) is 21.4. The van der Waals surface area contributed by atoms with Gasteiger partial charge >= 0.3 is 0 Å². The van der Waals surface area contributed by atoms with E-state index < -0.39 is 5.41 Å². The fraction of sp³-hybridized carbons (Fsp3) is 0.440. The minimum Gasteiger partial charge on any atom is -0.381 e. The molecule has 2 fully saturated rings. The summed E-state index contributed by atoms with van der Waals surface area (Å²) in [5.74, 6) is -0.0800. The first kappa shape index (κ1) is 21.1. The van der Waals surface area contributed by atoms with Crippen LogP contribution in [0.25, 0.3) is 5.52 Å². The molecule has 0 N–H and O–H groups in total. The molecule has 7 heteroatoms. The summed E-state index contributed by atoms with van der Waals surface area (Å²) in [5.41, 5.74) is 2.27. The molecule has 2 aliphatic rings. The Hall–Kier alpha value is -2.77. The van der Waals surface area contributed by atoms with E-state index in [9.17, 15) is 9.18 Å². The Morgan fingerprint density at radius 3 is 2.84 bits per heavy atom. The van der Waals surface area contributed by atoms with Crippen LogP contribution in [0.5, 0.6) is 0 Å². The Balaban J connectivity index is 1.40. The molecule has 4 heterocycles. The second kappa shape index (κ2) is 9.00. The van der Waals surface area contributed by atoms with Crippen LogP contribution in [0.15, 0.2) is 54.9 Å². The summed E-state index contributed by atoms with van der Waals surface area (Å²) in [4.78, 5) is 15.9. The zero-order valence-electron chi connectivity index (χ0n) is 18.1. The third kappa shape index (κ3) is 4.02. The molecule has 2 aliphatic heterocycles. The molecule has 0 aliphatic carbocycles. The number of ether oxygens (including phenoxy) is 2. The molecule has 168 valence electrons. The summed E-state index contributed by atoms with van der Waals surface area (Å²) in [6.45, 7) is 3.28. The first-order valence-electron chi connectivity index (χ1n) is 11.3. The molecule has 1 atom stereocenters. The van der Waals surface area contributed by atoms with Gasteiger partial charge in [0.25, 0.3) is 0 Å². The number of carbonyl (C=O) groups excluding carboxylic acids is 1. The molecule has 3 aromatic rings. The minimum absolute atomic E-state index is 0.0597. The number of amides is 1. The maximum absolute atomic E-state index is 14.1. The lowest BCUT2D eigenvalue weighted by Crippen LogP contribution is -2.51. The summed E-state index contributed by atoms with van der Waals surface area (Å²) in [6.07, 6.45) is 5.66. The van der Waals surface area contributed by atoms with Crippen LogP contribution in [0.2, 0.25) is 0 Å². The van der Waals surface area contributed by atoms with Crippen molar-refractivity contribution >= 4 is 11.4 Å². The number of pyridine rings is 1. The molecular formula is C25H28FN3O3. The maximum atomic E-state index is 14.1. The number of fused-ring (bicyclic) bond motifs is 1. The van der Waals surface area contributed by atoms with Crippen molar-refractivity contribution in [3.05, 3.63) is 71.8 Å². The largest absolute Gasteiger partial charge is 0.381 e. The zero-order chi connectivity index (χ0) is 22.0. The minimum atomic E-state index is -0.749. The van der Waals surface area contributed by atoms with Crippen LogP contribution in [-0.2, 0) is 26.1 Å². The van der Waals surface area contributed by atoms with Gasteiger partial charge in [0.1, 0.15) is 5.82 Å². The highest BCUT2D eigenvalue weighted by atomic mass is 19.1. The van der Waals surface area contributed by atoms with Crippen LogP contribution in [-0.4, -0.2) is 59.9 Å². The molecule has 2 aromatic heterocycles. The fourth-order valence-electron chi connectivity index (χ4n) is 5.12. The highest BCUT2D eigenvalue weighted by Crippen LogP contribution is 2.37. The molecule has 1 amide bonds. The van der Waals surface area contributed by atoms with Gasteiger partial charge in [-0.05, 0) is 54.7 Å². The molecule has 0 radical (unpaired) electrons. The number of hydrogen-bond acceptors (Lipinski definition) is 4. The molecule has 1 aromatic carbocycles. The van der Waals surface area contributed by atoms with E-state index in [4.69, 9.17) is 9.47 Å². The SMILES string of the molecule is O=C(N1CCOC[C@H](Cc2cccn3nccc23)C1)C1(c2cccc(F)c2)CCOCC1. The first-order chi connectivity index (χ1) is 15.7. The quantitative estimate of drug-likeness (QED) is 0.629. The van der Waals surface area contributed by atoms with Gasteiger partial charge in [0, 0.05) is 44.6 Å². The van der Waals surface area contributed by atoms with Gasteiger partial charge in [-0.2, -0.15) is 5.10 Å². The van der Waals surface area contributed by atoms with Crippen LogP contribution in [0, 0.1) is 11.7 Å². The number of aromatic nitrogens is 2. The van der Waals surface area contributed by atoms with E-state index in [1.54, 1.807) is 12.3 Å². The predicted octanol–water partition coefficient (Wildman–Crippen LogP) is 3.24. The van der Waals surface area contributed by atoms with Gasteiger partial charge in [-0.25, -0.2) is 8.91 Å². The van der Waals surface area contributed by atoms with Crippen molar-refractivity contribution in [1.29, 1.82) is 0 Å². The lowest BCUT2D eigenvalue weighted by atomic mass is 9.72. The van der Waals surface area contributed by atoms with Crippen molar-refractivity contribution in [2.75, 3.05) is 39.5 Å². The Kier molecular flexibility index (Phi) is 5.93. The molecule has 32 heavy (non-hydrogen) atoms. The van der Waals surface area contributed by atoms with Gasteiger partial charge in [-0.1, -0.05) is 18.2 Å². The van der Waals surface area contributed by atoms with Crippen molar-refractivity contribution in [2.45, 2.75) is 24.7 Å². The smallest absolute Gasteiger partial charge is 0.233 e. The number of rotatable bonds is 4. The highest BCUT2D eigenvalue weighted by molar-refractivity contribution is 5.88. The monoisotopic (exact) mass is 437 g/mol. The van der Waals surface area contributed by atoms with E-state index in [0.29, 0.717) is 52.4 Å². The standard InChI is InChI=1S/C25H28FN3O3/c26-22-5-1-4-21(16-22)25(7-12-31-13-8-25)24(30)28-11-14-32-18-19(17-28)15-20-3-2-10-29-23(20)6-9-27-29/h1-6,9-10,16,19H,7-8,11-15,17-18H2/t19-/m1/s1. The lowest BCUT2D eigenvalue weighted by molar-refractivity contribution is -0.141. The topological polar surface area (TPSA) is 56.1 Å². The lowest BCUT2D eigenvalue weighted by Gasteiger charge is -2.40. The van der Waals surface area contributed by atoms with Gasteiger partial charge in [0.05, 0.1) is 24.1 Å². The second-order valence-electron chi connectivity index (χ2n) is 8.80. The predicted molar refractivity (Wildman–Crippen MR) is 118 cm³/mol. The maximum Gasteiger partial charge on any atom is 0.233 e. The van der Waals surface area contributed by atoms with Gasteiger partial charge in [-0.3, -0.25) is 4.79 Å². The van der Waals surface area contributed by atoms with Crippen molar-refractivity contribution in [2.24, 2.45) is 5.92 Å². The average molecular weight is 438 g/mol. The number of halogens is 1. The van der Waals surface area contributed by atoms with Crippen molar-refractivity contribution < 1.29 is 18.7 Å². The van der Waals surface area contributed by atoms with Crippen molar-refractivity contribution in [3.63, 3.8) is 0 Å². The van der Waals surface area contributed by atoms with Gasteiger partial charge < -0.3 is 14.4 Å². The number of nitrogens with zero attached hydrogens (tertiary/aromatic N) is 3. The zero-order valence-corrected chi connectivity index (χ0v) is 18.1. The third-order valence-corrected chi connectivity index (χ3v) is 6.79.